The summed E-state index contributed by atoms with van der Waals surface area (Å²) in [4.78, 5) is 11.9. The summed E-state index contributed by atoms with van der Waals surface area (Å²) in [5.74, 6) is -0.0312. The molecule has 0 radical (unpaired) electrons. The second kappa shape index (κ2) is 6.78. The maximum atomic E-state index is 11.9. The second-order valence-corrected chi connectivity index (χ2v) is 5.14. The van der Waals surface area contributed by atoms with Crippen LogP contribution in [0.3, 0.4) is 0 Å². The molecule has 1 atom stereocenters. The second-order valence-electron chi connectivity index (χ2n) is 4.12. The third-order valence-electron chi connectivity index (χ3n) is 2.64. The number of carbonyl (C=O) groups excluding carboxylic acids is 1. The van der Waals surface area contributed by atoms with Crippen molar-refractivity contribution >= 4 is 33.4 Å². The highest BCUT2D eigenvalue weighted by atomic mass is 79.9. The molecule has 0 spiro atoms. The first-order valence-corrected chi connectivity index (χ1v) is 7.35. The number of benzene rings is 1. The quantitative estimate of drug-likeness (QED) is 0.842. The standard InChI is InChI=1S/C14H13BrClNO2/c15-9-11(8-10-4-2-1-3-5-10)17-14(18)12-6-7-13(16)19-12/h1-7,11H,8-9H2,(H,17,18). The highest BCUT2D eigenvalue weighted by Gasteiger charge is 2.16. The number of rotatable bonds is 5. The third-order valence-corrected chi connectivity index (χ3v) is 3.63. The van der Waals surface area contributed by atoms with Crippen LogP contribution in [-0.2, 0) is 6.42 Å². The molecule has 0 aliphatic carbocycles. The molecule has 1 heterocycles. The van der Waals surface area contributed by atoms with Gasteiger partial charge in [-0.15, -0.1) is 0 Å². The average molecular weight is 343 g/mol. The van der Waals surface area contributed by atoms with Crippen molar-refractivity contribution in [2.45, 2.75) is 12.5 Å². The van der Waals surface area contributed by atoms with Gasteiger partial charge >= 0.3 is 0 Å². The first kappa shape index (κ1) is 14.2. The van der Waals surface area contributed by atoms with E-state index < -0.39 is 0 Å². The lowest BCUT2D eigenvalue weighted by atomic mass is 10.1. The Labute approximate surface area is 125 Å². The fourth-order valence-electron chi connectivity index (χ4n) is 1.74. The van der Waals surface area contributed by atoms with Crippen molar-refractivity contribution in [2.24, 2.45) is 0 Å². The number of nitrogens with one attached hydrogen (secondary N) is 1. The van der Waals surface area contributed by atoms with Crippen molar-refractivity contribution in [1.29, 1.82) is 0 Å². The molecule has 1 unspecified atom stereocenters. The van der Waals surface area contributed by atoms with Gasteiger partial charge in [-0.1, -0.05) is 46.3 Å². The Balaban J connectivity index is 1.97. The van der Waals surface area contributed by atoms with Crippen LogP contribution >= 0.6 is 27.5 Å². The number of furan rings is 1. The molecule has 3 nitrogen and oxygen atoms in total. The summed E-state index contributed by atoms with van der Waals surface area (Å²) in [5, 5.41) is 3.79. The minimum Gasteiger partial charge on any atom is -0.440 e. The molecule has 2 aromatic rings. The van der Waals surface area contributed by atoms with Crippen LogP contribution in [0.4, 0.5) is 0 Å². The Morgan fingerprint density at radius 1 is 1.26 bits per heavy atom. The van der Waals surface area contributed by atoms with Gasteiger partial charge in [-0.05, 0) is 35.7 Å². The highest BCUT2D eigenvalue weighted by Crippen LogP contribution is 2.13. The number of halogens is 2. The van der Waals surface area contributed by atoms with Crippen LogP contribution in [0.5, 0.6) is 0 Å². The summed E-state index contributed by atoms with van der Waals surface area (Å²) >= 11 is 9.06. The van der Waals surface area contributed by atoms with E-state index in [-0.39, 0.29) is 22.9 Å². The number of amides is 1. The van der Waals surface area contributed by atoms with Crippen LogP contribution < -0.4 is 5.32 Å². The maximum Gasteiger partial charge on any atom is 0.287 e. The van der Waals surface area contributed by atoms with Gasteiger partial charge in [-0.2, -0.15) is 0 Å². The van der Waals surface area contributed by atoms with Gasteiger partial charge < -0.3 is 9.73 Å². The van der Waals surface area contributed by atoms with Crippen LogP contribution in [0.1, 0.15) is 16.1 Å². The molecule has 100 valence electrons. The average Bonchev–Trinajstić information content (AvgIpc) is 2.86. The van der Waals surface area contributed by atoms with Crippen molar-refractivity contribution < 1.29 is 9.21 Å². The monoisotopic (exact) mass is 341 g/mol. The number of hydrogen-bond acceptors (Lipinski definition) is 2. The Morgan fingerprint density at radius 2 is 2.00 bits per heavy atom. The van der Waals surface area contributed by atoms with Crippen LogP contribution in [-0.4, -0.2) is 17.3 Å². The van der Waals surface area contributed by atoms with Crippen LogP contribution in [0.15, 0.2) is 46.9 Å². The van der Waals surface area contributed by atoms with Gasteiger partial charge in [0.05, 0.1) is 0 Å². The van der Waals surface area contributed by atoms with Gasteiger partial charge in [-0.25, -0.2) is 0 Å². The zero-order valence-electron chi connectivity index (χ0n) is 10.1. The lowest BCUT2D eigenvalue weighted by molar-refractivity contribution is 0.0913. The molecular formula is C14H13BrClNO2. The van der Waals surface area contributed by atoms with E-state index in [9.17, 15) is 4.79 Å². The zero-order chi connectivity index (χ0) is 13.7. The van der Waals surface area contributed by atoms with Crippen LogP contribution in [0, 0.1) is 0 Å². The van der Waals surface area contributed by atoms with Gasteiger partial charge in [0.1, 0.15) is 0 Å². The van der Waals surface area contributed by atoms with E-state index in [1.807, 2.05) is 30.3 Å². The number of carbonyl (C=O) groups is 1. The molecule has 0 saturated carbocycles. The minimum atomic E-state index is -0.257. The number of hydrogen-bond donors (Lipinski definition) is 1. The molecule has 1 aromatic carbocycles. The molecular weight excluding hydrogens is 330 g/mol. The maximum absolute atomic E-state index is 11.9. The lowest BCUT2D eigenvalue weighted by Crippen LogP contribution is -2.37. The zero-order valence-corrected chi connectivity index (χ0v) is 12.4. The third kappa shape index (κ3) is 4.11. The predicted octanol–water partition coefficient (Wildman–Crippen LogP) is 3.67. The molecule has 19 heavy (non-hydrogen) atoms. The van der Waals surface area contributed by atoms with E-state index in [4.69, 9.17) is 16.0 Å². The fourth-order valence-corrected chi connectivity index (χ4v) is 2.27. The molecule has 0 bridgehead atoms. The fraction of sp³-hybridized carbons (Fsp3) is 0.214. The Bertz CT molecular complexity index is 541. The van der Waals surface area contributed by atoms with Gasteiger partial charge in [-0.3, -0.25) is 4.79 Å². The van der Waals surface area contributed by atoms with Crippen molar-refractivity contribution in [2.75, 3.05) is 5.33 Å². The Morgan fingerprint density at radius 3 is 2.58 bits per heavy atom. The number of alkyl halides is 1. The lowest BCUT2D eigenvalue weighted by Gasteiger charge is -2.15. The molecule has 0 saturated heterocycles. The van der Waals surface area contributed by atoms with E-state index in [0.29, 0.717) is 5.33 Å². The molecule has 0 fully saturated rings. The van der Waals surface area contributed by atoms with Crippen LogP contribution in [0.25, 0.3) is 0 Å². The topological polar surface area (TPSA) is 42.2 Å². The summed E-state index contributed by atoms with van der Waals surface area (Å²) in [6.07, 6.45) is 0.756. The van der Waals surface area contributed by atoms with Gasteiger partial charge in [0.25, 0.3) is 5.91 Å². The van der Waals surface area contributed by atoms with Crippen molar-refractivity contribution in [3.63, 3.8) is 0 Å². The highest BCUT2D eigenvalue weighted by molar-refractivity contribution is 9.09. The minimum absolute atomic E-state index is 0.00113. The first-order chi connectivity index (χ1) is 9.19. The molecule has 0 aliphatic heterocycles. The Hall–Kier alpha value is -1.26. The molecule has 1 aromatic heterocycles. The molecule has 0 aliphatic rings. The van der Waals surface area contributed by atoms with Crippen LogP contribution in [0.2, 0.25) is 5.22 Å². The molecule has 1 N–H and O–H groups in total. The normalized spacial score (nSPS) is 12.1. The molecule has 5 heteroatoms. The van der Waals surface area contributed by atoms with E-state index in [1.165, 1.54) is 5.56 Å². The predicted molar refractivity (Wildman–Crippen MR) is 78.9 cm³/mol. The van der Waals surface area contributed by atoms with E-state index in [1.54, 1.807) is 12.1 Å². The summed E-state index contributed by atoms with van der Waals surface area (Å²) < 4.78 is 5.08. The molecule has 2 rings (SSSR count). The molecule has 1 amide bonds. The SMILES string of the molecule is O=C(NC(CBr)Cc1ccccc1)c1ccc(Cl)o1. The van der Waals surface area contributed by atoms with Crippen molar-refractivity contribution in [1.82, 2.24) is 5.32 Å². The summed E-state index contributed by atoms with van der Waals surface area (Å²) in [6, 6.07) is 13.1. The largest absolute Gasteiger partial charge is 0.440 e. The first-order valence-electron chi connectivity index (χ1n) is 5.85. The van der Waals surface area contributed by atoms with E-state index in [0.717, 1.165) is 6.42 Å². The summed E-state index contributed by atoms with van der Waals surface area (Å²) in [7, 11) is 0. The van der Waals surface area contributed by atoms with Gasteiger partial charge in [0.15, 0.2) is 11.0 Å². The van der Waals surface area contributed by atoms with Gasteiger partial charge in [0, 0.05) is 11.4 Å². The van der Waals surface area contributed by atoms with E-state index >= 15 is 0 Å². The smallest absolute Gasteiger partial charge is 0.287 e. The summed E-state index contributed by atoms with van der Waals surface area (Å²) in [6.45, 7) is 0. The Kier molecular flexibility index (Phi) is 5.05. The van der Waals surface area contributed by atoms with Crippen molar-refractivity contribution in [3.05, 3.63) is 59.0 Å². The van der Waals surface area contributed by atoms with Gasteiger partial charge in [0.2, 0.25) is 0 Å². The summed E-state index contributed by atoms with van der Waals surface area (Å²) in [5.41, 5.74) is 1.17. The van der Waals surface area contributed by atoms with E-state index in [2.05, 4.69) is 21.2 Å². The van der Waals surface area contributed by atoms with Crippen molar-refractivity contribution in [3.8, 4) is 0 Å².